The Labute approximate surface area is 102 Å². The minimum absolute atomic E-state index is 0.0206. The van der Waals surface area contributed by atoms with Gasteiger partial charge in [0.2, 0.25) is 0 Å². The summed E-state index contributed by atoms with van der Waals surface area (Å²) in [4.78, 5) is 10.6. The second-order valence-corrected chi connectivity index (χ2v) is 3.93. The summed E-state index contributed by atoms with van der Waals surface area (Å²) in [6.45, 7) is 0. The van der Waals surface area contributed by atoms with E-state index >= 15 is 0 Å². The van der Waals surface area contributed by atoms with E-state index in [2.05, 4.69) is 25.6 Å². The molecule has 2 aromatic rings. The van der Waals surface area contributed by atoms with Crippen molar-refractivity contribution in [3.8, 4) is 11.3 Å². The Bertz CT molecular complexity index is 574. The fourth-order valence-corrected chi connectivity index (χ4v) is 1.44. The highest BCUT2D eigenvalue weighted by molar-refractivity contribution is 9.10. The number of carbonyl (C=O) groups is 1. The zero-order chi connectivity index (χ0) is 12.6. The van der Waals surface area contributed by atoms with Gasteiger partial charge in [-0.2, -0.15) is 0 Å². The second-order valence-electron chi connectivity index (χ2n) is 3.14. The maximum absolute atomic E-state index is 13.2. The van der Waals surface area contributed by atoms with Crippen molar-refractivity contribution in [3.05, 3.63) is 40.0 Å². The topological polar surface area (TPSA) is 63.3 Å². The number of carboxylic acid groups (broad SMARTS) is 1. The first kappa shape index (κ1) is 11.7. The molecule has 7 heteroatoms. The Balaban J connectivity index is 2.49. The van der Waals surface area contributed by atoms with Gasteiger partial charge in [0.25, 0.3) is 0 Å². The molecule has 2 rings (SSSR count). The van der Waals surface area contributed by atoms with Gasteiger partial charge < -0.3 is 9.63 Å². The van der Waals surface area contributed by atoms with E-state index in [0.29, 0.717) is 0 Å². The maximum Gasteiger partial charge on any atom is 0.358 e. The smallest absolute Gasteiger partial charge is 0.358 e. The molecule has 0 saturated heterocycles. The van der Waals surface area contributed by atoms with Crippen LogP contribution in [0.2, 0.25) is 0 Å². The van der Waals surface area contributed by atoms with E-state index in [1.54, 1.807) is 0 Å². The van der Waals surface area contributed by atoms with Crippen molar-refractivity contribution in [2.75, 3.05) is 0 Å². The van der Waals surface area contributed by atoms with Crippen LogP contribution in [0.3, 0.4) is 0 Å². The number of hydrogen-bond acceptors (Lipinski definition) is 3. The molecule has 4 nitrogen and oxygen atoms in total. The summed E-state index contributed by atoms with van der Waals surface area (Å²) < 4.78 is 30.8. The van der Waals surface area contributed by atoms with Crippen molar-refractivity contribution in [2.45, 2.75) is 0 Å². The van der Waals surface area contributed by atoms with Crippen molar-refractivity contribution in [1.82, 2.24) is 5.16 Å². The van der Waals surface area contributed by atoms with E-state index in [1.165, 1.54) is 0 Å². The van der Waals surface area contributed by atoms with E-state index in [-0.39, 0.29) is 21.5 Å². The Morgan fingerprint density at radius 3 is 2.35 bits per heavy atom. The fraction of sp³-hybridized carbons (Fsp3) is 0. The van der Waals surface area contributed by atoms with Crippen LogP contribution in [0.5, 0.6) is 0 Å². The lowest BCUT2D eigenvalue weighted by atomic mass is 10.1. The van der Waals surface area contributed by atoms with Crippen LogP contribution in [0, 0.1) is 11.6 Å². The predicted octanol–water partition coefficient (Wildman–Crippen LogP) is 3.08. The average Bonchev–Trinajstić information content (AvgIpc) is 2.74. The summed E-state index contributed by atoms with van der Waals surface area (Å²) in [5.41, 5.74) is -0.257. The van der Waals surface area contributed by atoms with Gasteiger partial charge in [0.05, 0.1) is 4.47 Å². The van der Waals surface area contributed by atoms with Gasteiger partial charge >= 0.3 is 5.97 Å². The van der Waals surface area contributed by atoms with Gasteiger partial charge in [-0.1, -0.05) is 5.16 Å². The Hall–Kier alpha value is -1.76. The monoisotopic (exact) mass is 303 g/mol. The highest BCUT2D eigenvalue weighted by atomic mass is 79.9. The van der Waals surface area contributed by atoms with E-state index in [0.717, 1.165) is 18.2 Å². The molecule has 1 N–H and O–H groups in total. The molecule has 0 radical (unpaired) electrons. The molecule has 0 saturated carbocycles. The van der Waals surface area contributed by atoms with E-state index < -0.39 is 17.6 Å². The first-order valence-corrected chi connectivity index (χ1v) is 5.13. The van der Waals surface area contributed by atoms with Crippen molar-refractivity contribution in [2.24, 2.45) is 0 Å². The molecule has 0 aliphatic carbocycles. The van der Waals surface area contributed by atoms with Crippen LogP contribution in [-0.2, 0) is 0 Å². The van der Waals surface area contributed by atoms with Crippen LogP contribution in [-0.4, -0.2) is 16.2 Å². The minimum atomic E-state index is -1.28. The average molecular weight is 304 g/mol. The van der Waals surface area contributed by atoms with Crippen molar-refractivity contribution < 1.29 is 23.2 Å². The lowest BCUT2D eigenvalue weighted by Gasteiger charge is -1.99. The number of nitrogens with zero attached hydrogens (tertiary/aromatic N) is 1. The molecule has 0 amide bonds. The number of aromatic carboxylic acids is 1. The molecule has 0 aliphatic heterocycles. The third-order valence-electron chi connectivity index (χ3n) is 2.00. The van der Waals surface area contributed by atoms with E-state index in [9.17, 15) is 13.6 Å². The minimum Gasteiger partial charge on any atom is -0.476 e. The first-order chi connectivity index (χ1) is 7.99. The molecule has 0 aliphatic rings. The number of hydrogen-bond donors (Lipinski definition) is 1. The van der Waals surface area contributed by atoms with Gasteiger partial charge in [-0.3, -0.25) is 0 Å². The third kappa shape index (κ3) is 2.19. The van der Waals surface area contributed by atoms with Crippen molar-refractivity contribution in [1.29, 1.82) is 0 Å². The van der Waals surface area contributed by atoms with Gasteiger partial charge in [0, 0.05) is 11.6 Å². The lowest BCUT2D eigenvalue weighted by molar-refractivity contribution is 0.0686. The quantitative estimate of drug-likeness (QED) is 0.866. The van der Waals surface area contributed by atoms with Crippen LogP contribution >= 0.6 is 15.9 Å². The molecule has 0 unspecified atom stereocenters. The highest BCUT2D eigenvalue weighted by Gasteiger charge is 2.15. The Kier molecular flexibility index (Phi) is 2.93. The molecular weight excluding hydrogens is 300 g/mol. The number of rotatable bonds is 2. The summed E-state index contributed by atoms with van der Waals surface area (Å²) in [6, 6.07) is 3.11. The van der Waals surface area contributed by atoms with Gasteiger partial charge in [-0.05, 0) is 28.1 Å². The molecule has 1 aromatic heterocycles. The first-order valence-electron chi connectivity index (χ1n) is 4.34. The molecule has 17 heavy (non-hydrogen) atoms. The Morgan fingerprint density at radius 2 is 1.88 bits per heavy atom. The summed E-state index contributed by atoms with van der Waals surface area (Å²) in [5.74, 6) is -2.92. The second kappa shape index (κ2) is 4.25. The van der Waals surface area contributed by atoms with Crippen molar-refractivity contribution in [3.63, 3.8) is 0 Å². The molecule has 0 atom stereocenters. The van der Waals surface area contributed by atoms with Gasteiger partial charge in [-0.15, -0.1) is 0 Å². The lowest BCUT2D eigenvalue weighted by Crippen LogP contribution is -1.94. The van der Waals surface area contributed by atoms with Crippen LogP contribution in [0.1, 0.15) is 10.5 Å². The highest BCUT2D eigenvalue weighted by Crippen LogP contribution is 2.27. The molecule has 0 fully saturated rings. The number of halogens is 3. The summed E-state index contributed by atoms with van der Waals surface area (Å²) in [7, 11) is 0. The number of carboxylic acids is 1. The summed E-state index contributed by atoms with van der Waals surface area (Å²) in [5, 5.41) is 11.9. The zero-order valence-electron chi connectivity index (χ0n) is 8.08. The maximum atomic E-state index is 13.2. The molecule has 1 aromatic carbocycles. The van der Waals surface area contributed by atoms with Crippen LogP contribution in [0.25, 0.3) is 11.3 Å². The fourth-order valence-electron chi connectivity index (χ4n) is 1.21. The normalized spacial score (nSPS) is 10.5. The van der Waals surface area contributed by atoms with Crippen LogP contribution in [0.15, 0.2) is 27.2 Å². The van der Waals surface area contributed by atoms with Crippen LogP contribution in [0.4, 0.5) is 8.78 Å². The molecule has 88 valence electrons. The summed E-state index contributed by atoms with van der Waals surface area (Å²) in [6.07, 6.45) is 0. The Morgan fingerprint density at radius 1 is 1.29 bits per heavy atom. The third-order valence-corrected chi connectivity index (χ3v) is 2.76. The molecule has 0 bridgehead atoms. The molecular formula is C10H4BrF2NO3. The number of benzene rings is 1. The van der Waals surface area contributed by atoms with Gasteiger partial charge in [0.15, 0.2) is 11.5 Å². The summed E-state index contributed by atoms with van der Waals surface area (Å²) >= 11 is 2.72. The SMILES string of the molecule is O=C(O)c1cc(-c2cc(F)c(Br)c(F)c2)on1. The van der Waals surface area contributed by atoms with E-state index in [1.807, 2.05) is 0 Å². The largest absolute Gasteiger partial charge is 0.476 e. The predicted molar refractivity (Wildman–Crippen MR) is 56.5 cm³/mol. The molecule has 0 spiro atoms. The number of aromatic nitrogens is 1. The van der Waals surface area contributed by atoms with Crippen LogP contribution < -0.4 is 0 Å². The zero-order valence-corrected chi connectivity index (χ0v) is 9.66. The molecule has 1 heterocycles. The van der Waals surface area contributed by atoms with E-state index in [4.69, 9.17) is 5.11 Å². The van der Waals surface area contributed by atoms with Gasteiger partial charge in [0.1, 0.15) is 11.6 Å². The van der Waals surface area contributed by atoms with Gasteiger partial charge in [-0.25, -0.2) is 13.6 Å². The van der Waals surface area contributed by atoms with Crippen molar-refractivity contribution >= 4 is 21.9 Å². The standard InChI is InChI=1S/C10H4BrF2NO3/c11-9-5(12)1-4(2-6(9)13)8-3-7(10(15)16)14-17-8/h1-3H,(H,15,16).